The van der Waals surface area contributed by atoms with Gasteiger partial charge in [0.1, 0.15) is 5.71 Å². The molecule has 1 aromatic carbocycles. The van der Waals surface area contributed by atoms with Gasteiger partial charge < -0.3 is 10.4 Å². The first-order chi connectivity index (χ1) is 12.1. The van der Waals surface area contributed by atoms with E-state index in [1.807, 2.05) is 6.07 Å². The second kappa shape index (κ2) is 9.66. The van der Waals surface area contributed by atoms with Crippen LogP contribution < -0.4 is 5.32 Å². The summed E-state index contributed by atoms with van der Waals surface area (Å²) < 4.78 is 0. The molecule has 2 N–H and O–H groups in total. The largest absolute Gasteiger partial charge is 0.390 e. The van der Waals surface area contributed by atoms with Gasteiger partial charge in [0.25, 0.3) is 5.91 Å². The molecule has 132 valence electrons. The third-order valence-corrected chi connectivity index (χ3v) is 3.94. The van der Waals surface area contributed by atoms with E-state index < -0.39 is 12.0 Å². The zero-order valence-electron chi connectivity index (χ0n) is 14.3. The van der Waals surface area contributed by atoms with Crippen LogP contribution >= 0.6 is 0 Å². The van der Waals surface area contributed by atoms with Crippen molar-refractivity contribution in [2.24, 2.45) is 9.98 Å². The van der Waals surface area contributed by atoms with Gasteiger partial charge in [-0.25, -0.2) is 0 Å². The molecule has 0 bridgehead atoms. The third-order valence-electron chi connectivity index (χ3n) is 3.94. The number of benzene rings is 1. The van der Waals surface area contributed by atoms with Crippen LogP contribution in [0.3, 0.4) is 0 Å². The summed E-state index contributed by atoms with van der Waals surface area (Å²) in [7, 11) is 0. The highest BCUT2D eigenvalue weighted by Crippen LogP contribution is 2.18. The van der Waals surface area contributed by atoms with E-state index in [4.69, 9.17) is 0 Å². The first kappa shape index (κ1) is 18.8. The summed E-state index contributed by atoms with van der Waals surface area (Å²) >= 11 is 0. The second-order valence-corrected chi connectivity index (χ2v) is 5.78. The molecule has 2 rings (SSSR count). The Morgan fingerprint density at radius 2 is 2.08 bits per heavy atom. The molecule has 0 radical (unpaired) electrons. The maximum absolute atomic E-state index is 12.1. The number of carbonyl (C=O) groups is 1. The normalized spacial score (nSPS) is 16.3. The quantitative estimate of drug-likeness (QED) is 0.701. The minimum absolute atomic E-state index is 0.119. The summed E-state index contributed by atoms with van der Waals surface area (Å²) in [6.45, 7) is 9.29. The number of rotatable bonds is 8. The molecule has 6 heteroatoms. The van der Waals surface area contributed by atoms with Crippen molar-refractivity contribution in [1.29, 1.82) is 0 Å². The zero-order valence-corrected chi connectivity index (χ0v) is 14.3. The maximum atomic E-state index is 12.1. The minimum Gasteiger partial charge on any atom is -0.390 e. The number of β-amino-alcohol motifs (C(OH)–C–C–N with tert-alkyl or cyclic N) is 1. The van der Waals surface area contributed by atoms with Crippen LogP contribution in [0.25, 0.3) is 0 Å². The van der Waals surface area contributed by atoms with Gasteiger partial charge in [0.15, 0.2) is 0 Å². The maximum Gasteiger partial charge on any atom is 0.271 e. The van der Waals surface area contributed by atoms with Crippen LogP contribution in [-0.2, 0) is 17.8 Å². The molecule has 1 aromatic rings. The number of nitrogens with one attached hydrogen (secondary N) is 1. The molecular formula is C19H24N4O2. The fourth-order valence-corrected chi connectivity index (χ4v) is 2.75. The Hall–Kier alpha value is -2.57. The molecule has 0 fully saturated rings. The molecule has 0 spiro atoms. The van der Waals surface area contributed by atoms with Crippen molar-refractivity contribution in [1.82, 2.24) is 10.2 Å². The van der Waals surface area contributed by atoms with E-state index in [0.717, 1.165) is 19.5 Å². The van der Waals surface area contributed by atoms with Gasteiger partial charge in [0.2, 0.25) is 0 Å². The summed E-state index contributed by atoms with van der Waals surface area (Å²) in [6, 6.07) is 8.35. The summed E-state index contributed by atoms with van der Waals surface area (Å²) in [5.41, 5.74) is 2.79. The minimum atomic E-state index is -0.657. The van der Waals surface area contributed by atoms with Crippen molar-refractivity contribution in [3.05, 3.63) is 61.0 Å². The van der Waals surface area contributed by atoms with Crippen molar-refractivity contribution in [2.75, 3.05) is 19.6 Å². The molecule has 0 unspecified atom stereocenters. The molecule has 6 nitrogen and oxygen atoms in total. The predicted octanol–water partition coefficient (Wildman–Crippen LogP) is 1.32. The highest BCUT2D eigenvalue weighted by atomic mass is 16.3. The van der Waals surface area contributed by atoms with Gasteiger partial charge in [-0.15, -0.1) is 0 Å². The van der Waals surface area contributed by atoms with Gasteiger partial charge in [-0.3, -0.25) is 19.7 Å². The lowest BCUT2D eigenvalue weighted by molar-refractivity contribution is -0.115. The summed E-state index contributed by atoms with van der Waals surface area (Å²) in [5.74, 6) is -0.409. The molecule has 1 atom stereocenters. The van der Waals surface area contributed by atoms with Crippen molar-refractivity contribution < 1.29 is 9.90 Å². The van der Waals surface area contributed by atoms with Crippen LogP contribution in [0.15, 0.2) is 59.8 Å². The van der Waals surface area contributed by atoms with Crippen LogP contribution in [-0.4, -0.2) is 53.6 Å². The van der Waals surface area contributed by atoms with Crippen molar-refractivity contribution in [3.8, 4) is 0 Å². The first-order valence-electron chi connectivity index (χ1n) is 8.22. The lowest BCUT2D eigenvalue weighted by Gasteiger charge is -2.30. The Morgan fingerprint density at radius 3 is 2.80 bits per heavy atom. The Morgan fingerprint density at radius 1 is 1.32 bits per heavy atom. The first-order valence-corrected chi connectivity index (χ1v) is 8.22. The van der Waals surface area contributed by atoms with Crippen LogP contribution in [0.5, 0.6) is 0 Å². The number of carbonyl (C=O) groups excluding carboxylic acids is 1. The van der Waals surface area contributed by atoms with Crippen molar-refractivity contribution >= 4 is 17.8 Å². The molecule has 1 heterocycles. The SMILES string of the molecule is C=CN=CC(=NC=C)C(=O)NC[C@@H](O)CN1CCc2ccccc2C1. The van der Waals surface area contributed by atoms with Crippen LogP contribution in [0.1, 0.15) is 11.1 Å². The third kappa shape index (κ3) is 5.77. The van der Waals surface area contributed by atoms with E-state index >= 15 is 0 Å². The summed E-state index contributed by atoms with van der Waals surface area (Å²) in [6.07, 6.45) is 4.21. The van der Waals surface area contributed by atoms with Gasteiger partial charge in [-0.1, -0.05) is 37.4 Å². The van der Waals surface area contributed by atoms with Crippen molar-refractivity contribution in [3.63, 3.8) is 0 Å². The standard InChI is InChI=1S/C19H24N4O2/c1-3-20-12-18(21-4-2)19(25)22-11-17(24)14-23-10-9-15-7-5-6-8-16(15)13-23/h3-8,12,17,24H,1-2,9-11,13-14H2,(H,22,25)/t17-/m1/s1. The van der Waals surface area contributed by atoms with Crippen molar-refractivity contribution in [2.45, 2.75) is 19.1 Å². The lowest BCUT2D eigenvalue weighted by Crippen LogP contribution is -2.43. The average Bonchev–Trinajstić information content (AvgIpc) is 2.63. The van der Waals surface area contributed by atoms with Gasteiger partial charge in [0.05, 0.1) is 12.3 Å². The van der Waals surface area contributed by atoms with E-state index in [2.05, 4.69) is 51.6 Å². The van der Waals surface area contributed by atoms with Crippen LogP contribution in [0, 0.1) is 0 Å². The van der Waals surface area contributed by atoms with E-state index in [-0.39, 0.29) is 12.3 Å². The van der Waals surface area contributed by atoms with Crippen LogP contribution in [0.4, 0.5) is 0 Å². The molecule has 1 aliphatic rings. The zero-order chi connectivity index (χ0) is 18.1. The summed E-state index contributed by atoms with van der Waals surface area (Å²) in [5, 5.41) is 12.9. The molecule has 0 aromatic heterocycles. The number of aliphatic imine (C=N–C) groups is 2. The number of hydrogen-bond acceptors (Lipinski definition) is 5. The smallest absolute Gasteiger partial charge is 0.271 e. The molecule has 1 aliphatic heterocycles. The van der Waals surface area contributed by atoms with E-state index in [1.165, 1.54) is 29.7 Å². The Balaban J connectivity index is 1.82. The fraction of sp³-hybridized carbons (Fsp3) is 0.316. The van der Waals surface area contributed by atoms with Gasteiger partial charge in [-0.05, 0) is 17.5 Å². The molecule has 0 saturated carbocycles. The number of aliphatic hydroxyl groups excluding tert-OH is 1. The Labute approximate surface area is 148 Å². The Bertz CT molecular complexity index is 682. The second-order valence-electron chi connectivity index (χ2n) is 5.78. The topological polar surface area (TPSA) is 77.3 Å². The van der Waals surface area contributed by atoms with Gasteiger partial charge >= 0.3 is 0 Å². The molecular weight excluding hydrogens is 316 g/mol. The predicted molar refractivity (Wildman–Crippen MR) is 101 cm³/mol. The number of hydrogen-bond donors (Lipinski definition) is 2. The summed E-state index contributed by atoms with van der Waals surface area (Å²) in [4.78, 5) is 21.9. The van der Waals surface area contributed by atoms with Gasteiger partial charge in [0, 0.05) is 38.6 Å². The monoisotopic (exact) mass is 340 g/mol. The molecule has 0 aliphatic carbocycles. The highest BCUT2D eigenvalue weighted by Gasteiger charge is 2.19. The highest BCUT2D eigenvalue weighted by molar-refractivity contribution is 6.60. The Kier molecular flexibility index (Phi) is 7.25. The number of aliphatic hydroxyl groups is 1. The van der Waals surface area contributed by atoms with E-state index in [0.29, 0.717) is 6.54 Å². The lowest BCUT2D eigenvalue weighted by atomic mass is 10.00. The number of amides is 1. The molecule has 25 heavy (non-hydrogen) atoms. The number of nitrogens with zero attached hydrogens (tertiary/aromatic N) is 3. The van der Waals surface area contributed by atoms with E-state index in [1.54, 1.807) is 0 Å². The molecule has 1 amide bonds. The molecule has 0 saturated heterocycles. The van der Waals surface area contributed by atoms with Gasteiger partial charge in [-0.2, -0.15) is 0 Å². The number of fused-ring (bicyclic) bond motifs is 1. The average molecular weight is 340 g/mol. The van der Waals surface area contributed by atoms with Crippen LogP contribution in [0.2, 0.25) is 0 Å². The fourth-order valence-electron chi connectivity index (χ4n) is 2.75. The van der Waals surface area contributed by atoms with E-state index in [9.17, 15) is 9.90 Å².